The second-order valence-electron chi connectivity index (χ2n) is 4.24. The van der Waals surface area contributed by atoms with Crippen molar-refractivity contribution in [2.75, 3.05) is 0 Å². The summed E-state index contributed by atoms with van der Waals surface area (Å²) in [5.74, 6) is 0.183. The van der Waals surface area contributed by atoms with Crippen molar-refractivity contribution < 1.29 is 10.0 Å². The minimum absolute atomic E-state index is 0.0958. The average molecular weight is 337 g/mol. The van der Waals surface area contributed by atoms with Crippen LogP contribution in [0.15, 0.2) is 46.9 Å². The average Bonchev–Trinajstić information content (AvgIpc) is 2.44. The summed E-state index contributed by atoms with van der Waals surface area (Å²) >= 11 is 3.25. The fourth-order valence-corrected chi connectivity index (χ4v) is 2.28. The van der Waals surface area contributed by atoms with E-state index in [-0.39, 0.29) is 11.4 Å². The Morgan fingerprint density at radius 3 is 2.50 bits per heavy atom. The third kappa shape index (κ3) is 3.34. The van der Waals surface area contributed by atoms with E-state index in [0.29, 0.717) is 23.1 Å². The van der Waals surface area contributed by atoms with E-state index in [0.717, 1.165) is 5.56 Å². The number of aromatic hydroxyl groups is 1. The van der Waals surface area contributed by atoms with Gasteiger partial charge in [-0.15, -0.1) is 0 Å². The number of nitro benzene ring substituents is 1. The van der Waals surface area contributed by atoms with Crippen molar-refractivity contribution >= 4 is 21.6 Å². The van der Waals surface area contributed by atoms with Gasteiger partial charge in [-0.1, -0.05) is 30.3 Å². The molecule has 0 saturated heterocycles. The number of phenols is 1. The number of rotatable bonds is 5. The minimum Gasteiger partial charge on any atom is -0.506 e. The highest BCUT2D eigenvalue weighted by molar-refractivity contribution is 9.10. The molecular formula is C14H13BrN2O3. The maximum atomic E-state index is 10.9. The van der Waals surface area contributed by atoms with Gasteiger partial charge in [-0.3, -0.25) is 10.1 Å². The Labute approximate surface area is 124 Å². The molecule has 2 aromatic rings. The quantitative estimate of drug-likeness (QED) is 0.648. The Morgan fingerprint density at radius 2 is 1.75 bits per heavy atom. The van der Waals surface area contributed by atoms with Gasteiger partial charge in [0.15, 0.2) is 0 Å². The third-order valence-electron chi connectivity index (χ3n) is 2.89. The Kier molecular flexibility index (Phi) is 4.70. The summed E-state index contributed by atoms with van der Waals surface area (Å²) in [5, 5.41) is 23.8. The van der Waals surface area contributed by atoms with E-state index in [1.165, 1.54) is 6.07 Å². The molecule has 104 valence electrons. The fraction of sp³-hybridized carbons (Fsp3) is 0.143. The van der Waals surface area contributed by atoms with E-state index in [4.69, 9.17) is 0 Å². The molecule has 6 heteroatoms. The van der Waals surface area contributed by atoms with Gasteiger partial charge in [0.05, 0.1) is 9.40 Å². The number of para-hydroxylation sites is 2. The van der Waals surface area contributed by atoms with Gasteiger partial charge in [0.1, 0.15) is 5.75 Å². The summed E-state index contributed by atoms with van der Waals surface area (Å²) < 4.78 is 0.627. The van der Waals surface area contributed by atoms with Gasteiger partial charge in [0.25, 0.3) is 5.69 Å². The smallest absolute Gasteiger partial charge is 0.273 e. The van der Waals surface area contributed by atoms with Crippen molar-refractivity contribution in [2.45, 2.75) is 13.1 Å². The molecule has 2 N–H and O–H groups in total. The standard InChI is InChI=1S/C14H13BrN2O3/c15-12-6-3-5-11(14(12)18)9-16-8-10-4-1-2-7-13(10)17(19)20/h1-7,16,18H,8-9H2. The Hall–Kier alpha value is -1.92. The topological polar surface area (TPSA) is 75.4 Å². The molecule has 0 unspecified atom stereocenters. The van der Waals surface area contributed by atoms with Crippen LogP contribution in [0.2, 0.25) is 0 Å². The molecule has 5 nitrogen and oxygen atoms in total. The van der Waals surface area contributed by atoms with Crippen LogP contribution >= 0.6 is 15.9 Å². The lowest BCUT2D eigenvalue weighted by atomic mass is 10.1. The first-order valence-electron chi connectivity index (χ1n) is 5.99. The van der Waals surface area contributed by atoms with Gasteiger partial charge >= 0.3 is 0 Å². The molecule has 0 aliphatic rings. The first-order valence-corrected chi connectivity index (χ1v) is 6.78. The normalized spacial score (nSPS) is 10.4. The van der Waals surface area contributed by atoms with E-state index in [9.17, 15) is 15.2 Å². The predicted octanol–water partition coefficient (Wildman–Crippen LogP) is 3.35. The monoisotopic (exact) mass is 336 g/mol. The lowest BCUT2D eigenvalue weighted by Gasteiger charge is -2.08. The number of nitro groups is 1. The molecule has 0 fully saturated rings. The highest BCUT2D eigenvalue weighted by atomic mass is 79.9. The highest BCUT2D eigenvalue weighted by Gasteiger charge is 2.12. The number of hydrogen-bond acceptors (Lipinski definition) is 4. The Balaban J connectivity index is 2.03. The first kappa shape index (κ1) is 14.5. The molecule has 0 radical (unpaired) electrons. The third-order valence-corrected chi connectivity index (χ3v) is 3.53. The molecule has 0 heterocycles. The lowest BCUT2D eigenvalue weighted by Crippen LogP contribution is -2.14. The Bertz CT molecular complexity index is 632. The van der Waals surface area contributed by atoms with Crippen LogP contribution in [0.4, 0.5) is 5.69 Å². The van der Waals surface area contributed by atoms with Gasteiger partial charge < -0.3 is 10.4 Å². The van der Waals surface area contributed by atoms with Gasteiger partial charge in [-0.2, -0.15) is 0 Å². The summed E-state index contributed by atoms with van der Waals surface area (Å²) in [6, 6.07) is 12.0. The molecule has 0 aliphatic carbocycles. The molecule has 2 rings (SSSR count). The van der Waals surface area contributed by atoms with Crippen LogP contribution in [0, 0.1) is 10.1 Å². The van der Waals surface area contributed by atoms with Crippen molar-refractivity contribution in [3.05, 3.63) is 68.2 Å². The predicted molar refractivity (Wildman–Crippen MR) is 79.4 cm³/mol. The summed E-state index contributed by atoms with van der Waals surface area (Å²) in [6.45, 7) is 0.792. The van der Waals surface area contributed by atoms with Crippen molar-refractivity contribution in [1.82, 2.24) is 5.32 Å². The summed E-state index contributed by atoms with van der Waals surface area (Å²) in [7, 11) is 0. The van der Waals surface area contributed by atoms with E-state index in [1.807, 2.05) is 6.07 Å². The van der Waals surface area contributed by atoms with Gasteiger partial charge in [-0.25, -0.2) is 0 Å². The van der Waals surface area contributed by atoms with Crippen LogP contribution in [0.3, 0.4) is 0 Å². The zero-order valence-electron chi connectivity index (χ0n) is 10.5. The van der Waals surface area contributed by atoms with Crippen LogP contribution in [-0.2, 0) is 13.1 Å². The molecule has 0 atom stereocenters. The minimum atomic E-state index is -0.395. The van der Waals surface area contributed by atoms with Crippen LogP contribution in [0.25, 0.3) is 0 Å². The molecule has 0 spiro atoms. The zero-order valence-corrected chi connectivity index (χ0v) is 12.1. The van der Waals surface area contributed by atoms with Gasteiger partial charge in [-0.05, 0) is 22.0 Å². The summed E-state index contributed by atoms with van der Waals surface area (Å²) in [4.78, 5) is 10.5. The van der Waals surface area contributed by atoms with Gasteiger partial charge in [0, 0.05) is 30.3 Å². The van der Waals surface area contributed by atoms with Crippen molar-refractivity contribution in [1.29, 1.82) is 0 Å². The van der Waals surface area contributed by atoms with Crippen molar-refractivity contribution in [3.8, 4) is 5.75 Å². The van der Waals surface area contributed by atoms with Crippen LogP contribution < -0.4 is 5.32 Å². The maximum Gasteiger partial charge on any atom is 0.273 e. The lowest BCUT2D eigenvalue weighted by molar-refractivity contribution is -0.385. The van der Waals surface area contributed by atoms with E-state index in [1.54, 1.807) is 30.3 Å². The van der Waals surface area contributed by atoms with Crippen molar-refractivity contribution in [3.63, 3.8) is 0 Å². The number of hydrogen-bond donors (Lipinski definition) is 2. The second kappa shape index (κ2) is 6.49. The van der Waals surface area contributed by atoms with Gasteiger partial charge in [0.2, 0.25) is 0 Å². The Morgan fingerprint density at radius 1 is 1.10 bits per heavy atom. The number of nitrogens with one attached hydrogen (secondary N) is 1. The summed E-state index contributed by atoms with van der Waals surface area (Å²) in [6.07, 6.45) is 0. The van der Waals surface area contributed by atoms with Crippen molar-refractivity contribution in [2.24, 2.45) is 0 Å². The molecule has 0 saturated carbocycles. The number of phenolic OH excluding ortho intramolecular Hbond substituents is 1. The first-order chi connectivity index (χ1) is 9.59. The highest BCUT2D eigenvalue weighted by Crippen LogP contribution is 2.27. The maximum absolute atomic E-state index is 10.9. The molecular weight excluding hydrogens is 324 g/mol. The summed E-state index contributed by atoms with van der Waals surface area (Å²) in [5.41, 5.74) is 1.45. The molecule has 20 heavy (non-hydrogen) atoms. The zero-order chi connectivity index (χ0) is 14.5. The fourth-order valence-electron chi connectivity index (χ4n) is 1.87. The largest absolute Gasteiger partial charge is 0.506 e. The number of halogens is 1. The molecule has 0 bridgehead atoms. The van der Waals surface area contributed by atoms with Crippen LogP contribution in [0.5, 0.6) is 5.75 Å². The number of benzene rings is 2. The van der Waals surface area contributed by atoms with E-state index >= 15 is 0 Å². The molecule has 0 aromatic heterocycles. The molecule has 0 amide bonds. The molecule has 2 aromatic carbocycles. The van der Waals surface area contributed by atoms with Crippen LogP contribution in [0.1, 0.15) is 11.1 Å². The number of nitrogens with zero attached hydrogens (tertiary/aromatic N) is 1. The molecule has 0 aliphatic heterocycles. The van der Waals surface area contributed by atoms with Crippen LogP contribution in [-0.4, -0.2) is 10.0 Å². The van der Waals surface area contributed by atoms with E-state index in [2.05, 4.69) is 21.2 Å². The SMILES string of the molecule is O=[N+]([O-])c1ccccc1CNCc1cccc(Br)c1O. The second-order valence-corrected chi connectivity index (χ2v) is 5.09. The van der Waals surface area contributed by atoms with E-state index < -0.39 is 4.92 Å².